The van der Waals surface area contributed by atoms with Crippen molar-refractivity contribution in [2.75, 3.05) is 7.11 Å². The molecular weight excluding hydrogens is 232 g/mol. The van der Waals surface area contributed by atoms with E-state index in [1.54, 1.807) is 20.2 Å². The smallest absolute Gasteiger partial charge is 0.243 e. The van der Waals surface area contributed by atoms with Crippen molar-refractivity contribution >= 4 is 0 Å². The van der Waals surface area contributed by atoms with Gasteiger partial charge in [0.15, 0.2) is 0 Å². The first kappa shape index (κ1) is 12.7. The normalized spacial score (nSPS) is 14.4. The lowest BCUT2D eigenvalue weighted by Gasteiger charge is -2.08. The van der Waals surface area contributed by atoms with Crippen LogP contribution in [-0.4, -0.2) is 22.2 Å². The highest BCUT2D eigenvalue weighted by atomic mass is 16.5. The molecule has 0 saturated heterocycles. The number of methoxy groups -OCH3 is 1. The van der Waals surface area contributed by atoms with Crippen LogP contribution in [0.25, 0.3) is 11.4 Å². The SMILES string of the molecule is COC(C)c1cc(-c2noc(C(C)N)n2)ccn1. The van der Waals surface area contributed by atoms with E-state index in [1.807, 2.05) is 19.1 Å². The minimum absolute atomic E-state index is 0.0789. The van der Waals surface area contributed by atoms with Crippen molar-refractivity contribution < 1.29 is 9.26 Å². The molecule has 96 valence electrons. The molecule has 2 unspecified atom stereocenters. The average molecular weight is 248 g/mol. The van der Waals surface area contributed by atoms with Crippen molar-refractivity contribution in [3.05, 3.63) is 29.9 Å². The third kappa shape index (κ3) is 2.55. The van der Waals surface area contributed by atoms with Crippen LogP contribution in [0.3, 0.4) is 0 Å². The standard InChI is InChI=1S/C12H16N4O2/c1-7(13)12-15-11(16-18-12)9-4-5-14-10(6-9)8(2)17-3/h4-8H,13H2,1-3H3. The van der Waals surface area contributed by atoms with E-state index in [4.69, 9.17) is 15.0 Å². The van der Waals surface area contributed by atoms with E-state index < -0.39 is 0 Å². The van der Waals surface area contributed by atoms with Gasteiger partial charge in [-0.05, 0) is 26.0 Å². The van der Waals surface area contributed by atoms with Gasteiger partial charge in [0.2, 0.25) is 11.7 Å². The molecule has 0 radical (unpaired) electrons. The van der Waals surface area contributed by atoms with Crippen LogP contribution in [0.2, 0.25) is 0 Å². The fourth-order valence-electron chi connectivity index (χ4n) is 1.47. The fraction of sp³-hybridized carbons (Fsp3) is 0.417. The van der Waals surface area contributed by atoms with Crippen molar-refractivity contribution in [1.82, 2.24) is 15.1 Å². The lowest BCUT2D eigenvalue weighted by atomic mass is 10.1. The Morgan fingerprint density at radius 3 is 2.78 bits per heavy atom. The van der Waals surface area contributed by atoms with Crippen molar-refractivity contribution in [2.24, 2.45) is 5.73 Å². The molecule has 2 N–H and O–H groups in total. The summed E-state index contributed by atoms with van der Waals surface area (Å²) in [5.41, 5.74) is 7.33. The van der Waals surface area contributed by atoms with Crippen LogP contribution in [-0.2, 0) is 4.74 Å². The average Bonchev–Trinajstić information content (AvgIpc) is 2.88. The van der Waals surface area contributed by atoms with E-state index in [2.05, 4.69) is 15.1 Å². The molecule has 0 saturated carbocycles. The molecule has 0 spiro atoms. The van der Waals surface area contributed by atoms with E-state index in [1.165, 1.54) is 0 Å². The van der Waals surface area contributed by atoms with Crippen LogP contribution in [0.5, 0.6) is 0 Å². The molecule has 0 aliphatic rings. The molecule has 0 aliphatic heterocycles. The first-order valence-electron chi connectivity index (χ1n) is 5.70. The summed E-state index contributed by atoms with van der Waals surface area (Å²) in [5, 5.41) is 3.90. The van der Waals surface area contributed by atoms with E-state index in [9.17, 15) is 0 Å². The molecule has 6 nitrogen and oxygen atoms in total. The van der Waals surface area contributed by atoms with Gasteiger partial charge in [0, 0.05) is 18.9 Å². The number of pyridine rings is 1. The van der Waals surface area contributed by atoms with Gasteiger partial charge >= 0.3 is 0 Å². The number of nitrogens with zero attached hydrogens (tertiary/aromatic N) is 3. The molecule has 0 aliphatic carbocycles. The lowest BCUT2D eigenvalue weighted by Crippen LogP contribution is -2.04. The van der Waals surface area contributed by atoms with Crippen LogP contribution in [0, 0.1) is 0 Å². The summed E-state index contributed by atoms with van der Waals surface area (Å²) in [5.74, 6) is 0.928. The lowest BCUT2D eigenvalue weighted by molar-refractivity contribution is 0.116. The van der Waals surface area contributed by atoms with E-state index in [0.717, 1.165) is 11.3 Å². The quantitative estimate of drug-likeness (QED) is 0.888. The maximum atomic E-state index is 5.68. The minimum Gasteiger partial charge on any atom is -0.375 e. The first-order chi connectivity index (χ1) is 8.61. The topological polar surface area (TPSA) is 87.1 Å². The Bertz CT molecular complexity index is 524. The highest BCUT2D eigenvalue weighted by Crippen LogP contribution is 2.21. The fourth-order valence-corrected chi connectivity index (χ4v) is 1.47. The molecule has 2 atom stereocenters. The third-order valence-corrected chi connectivity index (χ3v) is 2.64. The van der Waals surface area contributed by atoms with Crippen molar-refractivity contribution in [3.8, 4) is 11.4 Å². The maximum Gasteiger partial charge on any atom is 0.243 e. The van der Waals surface area contributed by atoms with Crippen LogP contribution >= 0.6 is 0 Å². The number of ether oxygens (including phenoxy) is 1. The van der Waals surface area contributed by atoms with Gasteiger partial charge in [0.05, 0.1) is 17.8 Å². The highest BCUT2D eigenvalue weighted by Gasteiger charge is 2.13. The Kier molecular flexibility index (Phi) is 3.69. The molecule has 0 bridgehead atoms. The zero-order valence-electron chi connectivity index (χ0n) is 10.6. The van der Waals surface area contributed by atoms with Gasteiger partial charge in [-0.15, -0.1) is 0 Å². The number of nitrogens with two attached hydrogens (primary N) is 1. The van der Waals surface area contributed by atoms with Gasteiger partial charge in [-0.3, -0.25) is 4.98 Å². The summed E-state index contributed by atoms with van der Waals surface area (Å²) in [6.45, 7) is 3.72. The molecule has 6 heteroatoms. The number of rotatable bonds is 4. The molecule has 0 amide bonds. The van der Waals surface area contributed by atoms with Gasteiger partial charge in [0.1, 0.15) is 0 Å². The summed E-state index contributed by atoms with van der Waals surface area (Å²) in [6, 6.07) is 3.43. The molecule has 2 aromatic heterocycles. The number of aromatic nitrogens is 3. The third-order valence-electron chi connectivity index (χ3n) is 2.64. The van der Waals surface area contributed by atoms with E-state index in [0.29, 0.717) is 11.7 Å². The molecule has 0 fully saturated rings. The summed E-state index contributed by atoms with van der Waals surface area (Å²) >= 11 is 0. The Labute approximate surface area is 105 Å². The van der Waals surface area contributed by atoms with Crippen molar-refractivity contribution in [2.45, 2.75) is 26.0 Å². The Balaban J connectivity index is 2.32. The van der Waals surface area contributed by atoms with Gasteiger partial charge in [0.25, 0.3) is 0 Å². The predicted molar refractivity (Wildman–Crippen MR) is 65.6 cm³/mol. The molecular formula is C12H16N4O2. The highest BCUT2D eigenvalue weighted by molar-refractivity contribution is 5.54. The maximum absolute atomic E-state index is 5.68. The summed E-state index contributed by atoms with van der Waals surface area (Å²) in [6.07, 6.45) is 1.62. The van der Waals surface area contributed by atoms with E-state index >= 15 is 0 Å². The Hall–Kier alpha value is -1.79. The summed E-state index contributed by atoms with van der Waals surface area (Å²) < 4.78 is 10.3. The Morgan fingerprint density at radius 1 is 1.39 bits per heavy atom. The zero-order chi connectivity index (χ0) is 13.1. The molecule has 0 aromatic carbocycles. The van der Waals surface area contributed by atoms with Crippen molar-refractivity contribution in [3.63, 3.8) is 0 Å². The van der Waals surface area contributed by atoms with Crippen LogP contribution in [0.1, 0.15) is 37.6 Å². The largest absolute Gasteiger partial charge is 0.375 e. The second-order valence-electron chi connectivity index (χ2n) is 4.09. The predicted octanol–water partition coefficient (Wildman–Crippen LogP) is 1.86. The van der Waals surface area contributed by atoms with Gasteiger partial charge in [-0.2, -0.15) is 4.98 Å². The molecule has 2 rings (SSSR count). The minimum atomic E-state index is -0.273. The van der Waals surface area contributed by atoms with Gasteiger partial charge < -0.3 is 15.0 Å². The van der Waals surface area contributed by atoms with Gasteiger partial charge in [-0.25, -0.2) is 0 Å². The first-order valence-corrected chi connectivity index (χ1v) is 5.70. The monoisotopic (exact) mass is 248 g/mol. The second kappa shape index (κ2) is 5.24. The summed E-state index contributed by atoms with van der Waals surface area (Å²) in [4.78, 5) is 8.48. The number of hydrogen-bond donors (Lipinski definition) is 1. The number of hydrogen-bond acceptors (Lipinski definition) is 6. The van der Waals surface area contributed by atoms with Crippen molar-refractivity contribution in [1.29, 1.82) is 0 Å². The molecule has 2 heterocycles. The van der Waals surface area contributed by atoms with Crippen LogP contribution < -0.4 is 5.73 Å². The van der Waals surface area contributed by atoms with Crippen LogP contribution in [0.4, 0.5) is 0 Å². The second-order valence-corrected chi connectivity index (χ2v) is 4.09. The zero-order valence-corrected chi connectivity index (χ0v) is 10.6. The Morgan fingerprint density at radius 2 is 2.17 bits per heavy atom. The van der Waals surface area contributed by atoms with E-state index in [-0.39, 0.29) is 12.1 Å². The summed E-state index contributed by atoms with van der Waals surface area (Å²) in [7, 11) is 1.64. The molecule has 2 aromatic rings. The molecule has 18 heavy (non-hydrogen) atoms. The van der Waals surface area contributed by atoms with Crippen LogP contribution in [0.15, 0.2) is 22.9 Å². The van der Waals surface area contributed by atoms with Gasteiger partial charge in [-0.1, -0.05) is 5.16 Å².